The van der Waals surface area contributed by atoms with Gasteiger partial charge >= 0.3 is 0 Å². The van der Waals surface area contributed by atoms with E-state index < -0.39 is 0 Å². The Balaban J connectivity index is 1.73. The van der Waals surface area contributed by atoms with E-state index >= 15 is 0 Å². The monoisotopic (exact) mass is 263 g/mol. The number of carbonyl (C=O) groups is 1. The average molecular weight is 263 g/mol. The molecule has 0 radical (unpaired) electrons. The number of nitrogens with zero attached hydrogens (tertiary/aromatic N) is 2. The Morgan fingerprint density at radius 3 is 3.05 bits per heavy atom. The molecule has 1 amide bonds. The minimum Gasteiger partial charge on any atom is -0.359 e. The Labute approximate surface area is 113 Å². The van der Waals surface area contributed by atoms with Crippen LogP contribution in [0.4, 0.5) is 0 Å². The summed E-state index contributed by atoms with van der Waals surface area (Å²) in [5, 5.41) is 7.26. The van der Waals surface area contributed by atoms with Gasteiger partial charge in [0.05, 0.1) is 17.7 Å². The number of aromatic nitrogens is 1. The summed E-state index contributed by atoms with van der Waals surface area (Å²) in [5.74, 6) is 1.26. The summed E-state index contributed by atoms with van der Waals surface area (Å²) in [4.78, 5) is 14.6. The predicted molar refractivity (Wildman–Crippen MR) is 70.5 cm³/mol. The lowest BCUT2D eigenvalue weighted by Gasteiger charge is -2.29. The molecular weight excluding hydrogens is 242 g/mol. The summed E-state index contributed by atoms with van der Waals surface area (Å²) < 4.78 is 5.36. The highest BCUT2D eigenvalue weighted by molar-refractivity contribution is 5.80. The molecule has 1 aromatic rings. The number of nitrogens with one attached hydrogen (secondary N) is 1. The third-order valence-electron chi connectivity index (χ3n) is 4.16. The number of aryl methyl sites for hydroxylation is 1. The fourth-order valence-electron chi connectivity index (χ4n) is 3.16. The fraction of sp³-hybridized carbons (Fsp3) is 0.714. The maximum atomic E-state index is 12.6. The second kappa shape index (κ2) is 5.33. The minimum atomic E-state index is 0.0932. The molecule has 0 spiro atoms. The van der Waals surface area contributed by atoms with Crippen molar-refractivity contribution in [3.05, 3.63) is 17.5 Å². The largest absolute Gasteiger partial charge is 0.359 e. The summed E-state index contributed by atoms with van der Waals surface area (Å²) in [5.41, 5.74) is 0.883. The molecule has 1 aromatic heterocycles. The molecule has 5 nitrogen and oxygen atoms in total. The summed E-state index contributed by atoms with van der Waals surface area (Å²) in [6.45, 7) is 4.62. The van der Waals surface area contributed by atoms with Crippen LogP contribution in [0.25, 0.3) is 0 Å². The van der Waals surface area contributed by atoms with Gasteiger partial charge < -0.3 is 14.7 Å². The predicted octanol–water partition coefficient (Wildman–Crippen LogP) is 1.65. The Morgan fingerprint density at radius 1 is 1.47 bits per heavy atom. The van der Waals surface area contributed by atoms with E-state index in [0.717, 1.165) is 56.8 Å². The molecule has 0 saturated carbocycles. The van der Waals surface area contributed by atoms with E-state index in [9.17, 15) is 4.79 Å². The van der Waals surface area contributed by atoms with Gasteiger partial charge in [-0.3, -0.25) is 4.79 Å². The van der Waals surface area contributed by atoms with E-state index in [0.29, 0.717) is 0 Å². The molecule has 2 atom stereocenters. The number of carbonyl (C=O) groups excluding carboxylic acids is 1. The average Bonchev–Trinajstić information content (AvgIpc) is 3.07. The normalized spacial score (nSPS) is 27.7. The van der Waals surface area contributed by atoms with Gasteiger partial charge in [0, 0.05) is 19.2 Å². The van der Waals surface area contributed by atoms with Gasteiger partial charge in [-0.25, -0.2) is 0 Å². The molecule has 104 valence electrons. The first kappa shape index (κ1) is 12.7. The van der Waals surface area contributed by atoms with Gasteiger partial charge in [-0.2, -0.15) is 0 Å². The van der Waals surface area contributed by atoms with Crippen molar-refractivity contribution in [1.29, 1.82) is 0 Å². The summed E-state index contributed by atoms with van der Waals surface area (Å²) in [6.07, 6.45) is 4.14. The van der Waals surface area contributed by atoms with Crippen LogP contribution in [-0.2, 0) is 4.79 Å². The Hall–Kier alpha value is -1.36. The van der Waals surface area contributed by atoms with Crippen LogP contribution in [0, 0.1) is 12.8 Å². The first-order chi connectivity index (χ1) is 9.25. The van der Waals surface area contributed by atoms with Crippen molar-refractivity contribution in [3.8, 4) is 0 Å². The molecule has 0 aromatic carbocycles. The van der Waals surface area contributed by atoms with Crippen molar-refractivity contribution in [3.63, 3.8) is 0 Å². The second-order valence-corrected chi connectivity index (χ2v) is 5.60. The van der Waals surface area contributed by atoms with E-state index in [1.807, 2.05) is 17.9 Å². The van der Waals surface area contributed by atoms with Gasteiger partial charge in [-0.15, -0.1) is 0 Å². The van der Waals surface area contributed by atoms with Gasteiger partial charge in [0.25, 0.3) is 0 Å². The van der Waals surface area contributed by atoms with Crippen LogP contribution in [0.15, 0.2) is 10.6 Å². The van der Waals surface area contributed by atoms with Crippen LogP contribution >= 0.6 is 0 Å². The zero-order valence-electron chi connectivity index (χ0n) is 11.4. The molecule has 1 unspecified atom stereocenters. The van der Waals surface area contributed by atoms with Crippen molar-refractivity contribution in [1.82, 2.24) is 15.4 Å². The van der Waals surface area contributed by atoms with Crippen molar-refractivity contribution >= 4 is 5.91 Å². The summed E-state index contributed by atoms with van der Waals surface area (Å²) >= 11 is 0. The Morgan fingerprint density at radius 2 is 2.37 bits per heavy atom. The van der Waals surface area contributed by atoms with Gasteiger partial charge in [0.2, 0.25) is 5.91 Å². The van der Waals surface area contributed by atoms with Crippen LogP contribution in [0.2, 0.25) is 0 Å². The van der Waals surface area contributed by atoms with Crippen LogP contribution in [0.1, 0.15) is 43.2 Å². The highest BCUT2D eigenvalue weighted by Crippen LogP contribution is 2.34. The highest BCUT2D eigenvalue weighted by atomic mass is 16.5. The molecule has 3 heterocycles. The molecule has 5 heteroatoms. The van der Waals surface area contributed by atoms with E-state index in [4.69, 9.17) is 4.52 Å². The molecule has 1 N–H and O–H groups in total. The zero-order valence-corrected chi connectivity index (χ0v) is 11.4. The standard InChI is InChI=1S/C14H21N3O2/c1-10-8-13(19-16-10)12-5-3-7-17(12)14(18)11-4-2-6-15-9-11/h8,11-12,15H,2-7,9H2,1H3/t11-,12?/m0/s1. The minimum absolute atomic E-state index is 0.0932. The van der Waals surface area contributed by atoms with Crippen molar-refractivity contribution < 1.29 is 9.32 Å². The SMILES string of the molecule is Cc1cc(C2CCCN2C(=O)[C@H]2CCCNC2)on1. The number of rotatable bonds is 2. The van der Waals surface area contributed by atoms with Gasteiger partial charge in [0.1, 0.15) is 0 Å². The Bertz CT molecular complexity index is 451. The first-order valence-corrected chi connectivity index (χ1v) is 7.20. The topological polar surface area (TPSA) is 58.4 Å². The van der Waals surface area contributed by atoms with Crippen LogP contribution < -0.4 is 5.32 Å². The molecule has 3 rings (SSSR count). The molecule has 19 heavy (non-hydrogen) atoms. The quantitative estimate of drug-likeness (QED) is 0.881. The molecule has 0 bridgehead atoms. The second-order valence-electron chi connectivity index (χ2n) is 5.60. The van der Waals surface area contributed by atoms with E-state index in [1.165, 1.54) is 0 Å². The number of likely N-dealkylation sites (tertiary alicyclic amines) is 1. The van der Waals surface area contributed by atoms with Crippen LogP contribution in [0.5, 0.6) is 0 Å². The van der Waals surface area contributed by atoms with Gasteiger partial charge in [-0.1, -0.05) is 5.16 Å². The van der Waals surface area contributed by atoms with E-state index in [1.54, 1.807) is 0 Å². The van der Waals surface area contributed by atoms with Crippen molar-refractivity contribution in [2.75, 3.05) is 19.6 Å². The van der Waals surface area contributed by atoms with E-state index in [-0.39, 0.29) is 17.9 Å². The smallest absolute Gasteiger partial charge is 0.227 e. The molecule has 2 saturated heterocycles. The van der Waals surface area contributed by atoms with Crippen LogP contribution in [-0.4, -0.2) is 35.6 Å². The zero-order chi connectivity index (χ0) is 13.2. The highest BCUT2D eigenvalue weighted by Gasteiger charge is 2.36. The maximum absolute atomic E-state index is 12.6. The third-order valence-corrected chi connectivity index (χ3v) is 4.16. The summed E-state index contributed by atoms with van der Waals surface area (Å²) in [6, 6.07) is 2.05. The van der Waals surface area contributed by atoms with Gasteiger partial charge in [0.15, 0.2) is 5.76 Å². The summed E-state index contributed by atoms with van der Waals surface area (Å²) in [7, 11) is 0. The number of piperidine rings is 1. The number of hydrogen-bond donors (Lipinski definition) is 1. The molecular formula is C14H21N3O2. The number of amides is 1. The maximum Gasteiger partial charge on any atom is 0.227 e. The molecule has 0 aliphatic carbocycles. The molecule has 2 aliphatic heterocycles. The van der Waals surface area contributed by atoms with Crippen molar-refractivity contribution in [2.24, 2.45) is 5.92 Å². The number of hydrogen-bond acceptors (Lipinski definition) is 4. The molecule has 2 fully saturated rings. The van der Waals surface area contributed by atoms with E-state index in [2.05, 4.69) is 10.5 Å². The molecule has 2 aliphatic rings. The lowest BCUT2D eigenvalue weighted by atomic mass is 9.97. The Kier molecular flexibility index (Phi) is 3.55. The van der Waals surface area contributed by atoms with Gasteiger partial charge in [-0.05, 0) is 39.2 Å². The lowest BCUT2D eigenvalue weighted by molar-refractivity contribution is -0.137. The lowest BCUT2D eigenvalue weighted by Crippen LogP contribution is -2.42. The third kappa shape index (κ3) is 2.52. The first-order valence-electron chi connectivity index (χ1n) is 7.20. The fourth-order valence-corrected chi connectivity index (χ4v) is 3.16. The van der Waals surface area contributed by atoms with Crippen LogP contribution in [0.3, 0.4) is 0 Å². The van der Waals surface area contributed by atoms with Crippen molar-refractivity contribution in [2.45, 2.75) is 38.6 Å².